The Hall–Kier alpha value is -1.47. The Bertz CT molecular complexity index is 578. The predicted octanol–water partition coefficient (Wildman–Crippen LogP) is 3.13. The van der Waals surface area contributed by atoms with Gasteiger partial charge in [-0.3, -0.25) is 4.79 Å². The lowest BCUT2D eigenvalue weighted by Gasteiger charge is -2.23. The summed E-state index contributed by atoms with van der Waals surface area (Å²) in [5.74, 6) is -0.165. The standard InChI is InChI=1S/C14H20N4OS2/c1-4-7-15-13-18-17-12(21-13)11(19)16-9-14(2,3)10-6-5-8-20-10/h5-6,8H,4,7,9H2,1-3H3,(H,15,18)(H,16,19). The fourth-order valence-corrected chi connectivity index (χ4v) is 3.28. The molecule has 2 aromatic rings. The average Bonchev–Trinajstić information content (AvgIpc) is 3.13. The fraction of sp³-hybridized carbons (Fsp3) is 0.500. The van der Waals surface area contributed by atoms with Crippen LogP contribution in [0.1, 0.15) is 41.9 Å². The second kappa shape index (κ2) is 7.00. The van der Waals surface area contributed by atoms with Gasteiger partial charge in [-0.2, -0.15) is 0 Å². The molecular formula is C14H20N4OS2. The molecule has 0 unspecified atom stereocenters. The van der Waals surface area contributed by atoms with Crippen LogP contribution in [0.15, 0.2) is 17.5 Å². The van der Waals surface area contributed by atoms with E-state index in [1.54, 1.807) is 11.3 Å². The van der Waals surface area contributed by atoms with Crippen molar-refractivity contribution >= 4 is 33.7 Å². The molecule has 0 spiro atoms. The van der Waals surface area contributed by atoms with Gasteiger partial charge in [-0.25, -0.2) is 0 Å². The Kier molecular flexibility index (Phi) is 5.30. The van der Waals surface area contributed by atoms with E-state index in [4.69, 9.17) is 0 Å². The van der Waals surface area contributed by atoms with Gasteiger partial charge in [0.05, 0.1) is 0 Å². The molecule has 0 saturated carbocycles. The molecule has 2 N–H and O–H groups in total. The van der Waals surface area contributed by atoms with Crippen LogP contribution in [0.25, 0.3) is 0 Å². The van der Waals surface area contributed by atoms with Gasteiger partial charge in [-0.1, -0.05) is 38.2 Å². The fourth-order valence-electron chi connectivity index (χ4n) is 1.75. The van der Waals surface area contributed by atoms with Crippen molar-refractivity contribution in [2.45, 2.75) is 32.6 Å². The van der Waals surface area contributed by atoms with Crippen LogP contribution in [0.3, 0.4) is 0 Å². The number of nitrogens with zero attached hydrogens (tertiary/aromatic N) is 2. The van der Waals surface area contributed by atoms with Crippen LogP contribution >= 0.6 is 22.7 Å². The average molecular weight is 324 g/mol. The Morgan fingerprint density at radius 2 is 2.19 bits per heavy atom. The van der Waals surface area contributed by atoms with E-state index in [1.807, 2.05) is 6.07 Å². The molecule has 5 nitrogen and oxygen atoms in total. The molecule has 2 rings (SSSR count). The minimum atomic E-state index is -0.165. The molecule has 0 aliphatic rings. The third-order valence-corrected chi connectivity index (χ3v) is 5.14. The Morgan fingerprint density at radius 1 is 1.38 bits per heavy atom. The zero-order chi connectivity index (χ0) is 15.3. The van der Waals surface area contributed by atoms with Crippen molar-refractivity contribution in [1.82, 2.24) is 15.5 Å². The lowest BCUT2D eigenvalue weighted by atomic mass is 9.91. The van der Waals surface area contributed by atoms with Crippen LogP contribution in [0, 0.1) is 0 Å². The van der Waals surface area contributed by atoms with Gasteiger partial charge in [0.15, 0.2) is 0 Å². The summed E-state index contributed by atoms with van der Waals surface area (Å²) in [6.07, 6.45) is 1.01. The zero-order valence-electron chi connectivity index (χ0n) is 12.5. The summed E-state index contributed by atoms with van der Waals surface area (Å²) >= 11 is 2.99. The Morgan fingerprint density at radius 3 is 2.86 bits per heavy atom. The highest BCUT2D eigenvalue weighted by molar-refractivity contribution is 7.17. The van der Waals surface area contributed by atoms with E-state index < -0.39 is 0 Å². The summed E-state index contributed by atoms with van der Waals surface area (Å²) in [7, 11) is 0. The van der Waals surface area contributed by atoms with Crippen molar-refractivity contribution in [1.29, 1.82) is 0 Å². The van der Waals surface area contributed by atoms with E-state index in [2.05, 4.69) is 53.0 Å². The van der Waals surface area contributed by atoms with Crippen LogP contribution in [0.4, 0.5) is 5.13 Å². The monoisotopic (exact) mass is 324 g/mol. The van der Waals surface area contributed by atoms with Crippen LogP contribution in [0.2, 0.25) is 0 Å². The van der Waals surface area contributed by atoms with E-state index in [1.165, 1.54) is 16.2 Å². The van der Waals surface area contributed by atoms with Gasteiger partial charge in [-0.15, -0.1) is 21.5 Å². The van der Waals surface area contributed by atoms with Gasteiger partial charge in [0.25, 0.3) is 5.91 Å². The highest BCUT2D eigenvalue weighted by Crippen LogP contribution is 2.26. The molecule has 7 heteroatoms. The maximum atomic E-state index is 12.1. The summed E-state index contributed by atoms with van der Waals surface area (Å²) in [5.41, 5.74) is -0.0855. The molecule has 1 amide bonds. The van der Waals surface area contributed by atoms with E-state index >= 15 is 0 Å². The maximum Gasteiger partial charge on any atom is 0.282 e. The number of rotatable bonds is 7. The van der Waals surface area contributed by atoms with Crippen molar-refractivity contribution in [2.24, 2.45) is 0 Å². The molecule has 0 atom stereocenters. The lowest BCUT2D eigenvalue weighted by Crippen LogP contribution is -2.36. The highest BCUT2D eigenvalue weighted by atomic mass is 32.1. The number of nitrogens with one attached hydrogen (secondary N) is 2. The second-order valence-corrected chi connectivity index (χ2v) is 7.31. The second-order valence-electron chi connectivity index (χ2n) is 5.38. The smallest absolute Gasteiger partial charge is 0.282 e. The molecule has 0 bridgehead atoms. The van der Waals surface area contributed by atoms with Gasteiger partial charge >= 0.3 is 0 Å². The van der Waals surface area contributed by atoms with E-state index in [-0.39, 0.29) is 11.3 Å². The first-order valence-electron chi connectivity index (χ1n) is 6.92. The summed E-state index contributed by atoms with van der Waals surface area (Å²) in [4.78, 5) is 13.4. The third-order valence-electron chi connectivity index (χ3n) is 3.02. The molecule has 0 radical (unpaired) electrons. The number of carbonyl (C=O) groups is 1. The van der Waals surface area contributed by atoms with Crippen molar-refractivity contribution in [2.75, 3.05) is 18.4 Å². The molecule has 0 saturated heterocycles. The quantitative estimate of drug-likeness (QED) is 0.821. The summed E-state index contributed by atoms with van der Waals surface area (Å²) in [6, 6.07) is 4.12. The molecule has 2 heterocycles. The topological polar surface area (TPSA) is 66.9 Å². The van der Waals surface area contributed by atoms with Crippen molar-refractivity contribution in [3.63, 3.8) is 0 Å². The number of thiophene rings is 1. The molecular weight excluding hydrogens is 304 g/mol. The maximum absolute atomic E-state index is 12.1. The van der Waals surface area contributed by atoms with Crippen LogP contribution in [-0.4, -0.2) is 29.2 Å². The van der Waals surface area contributed by atoms with Gasteiger partial charge in [0.2, 0.25) is 10.1 Å². The van der Waals surface area contributed by atoms with Crippen LogP contribution < -0.4 is 10.6 Å². The molecule has 0 aliphatic heterocycles. The van der Waals surface area contributed by atoms with Crippen LogP contribution in [-0.2, 0) is 5.41 Å². The number of aromatic nitrogens is 2. The van der Waals surface area contributed by atoms with Crippen molar-refractivity contribution in [3.05, 3.63) is 27.4 Å². The summed E-state index contributed by atoms with van der Waals surface area (Å²) in [5, 5.41) is 17.1. The van der Waals surface area contributed by atoms with Gasteiger partial charge < -0.3 is 10.6 Å². The molecule has 0 fully saturated rings. The first-order valence-corrected chi connectivity index (χ1v) is 8.62. The molecule has 2 aromatic heterocycles. The SMILES string of the molecule is CCCNc1nnc(C(=O)NCC(C)(C)c2cccs2)s1. The van der Waals surface area contributed by atoms with Crippen molar-refractivity contribution in [3.8, 4) is 0 Å². The molecule has 0 aromatic carbocycles. The molecule has 114 valence electrons. The Labute approximate surface area is 132 Å². The zero-order valence-corrected chi connectivity index (χ0v) is 14.1. The highest BCUT2D eigenvalue weighted by Gasteiger charge is 2.23. The number of hydrogen-bond acceptors (Lipinski definition) is 6. The predicted molar refractivity (Wildman–Crippen MR) is 88.4 cm³/mol. The minimum absolute atomic E-state index is 0.0855. The lowest BCUT2D eigenvalue weighted by molar-refractivity contribution is 0.0945. The third kappa shape index (κ3) is 4.25. The van der Waals surface area contributed by atoms with Crippen LogP contribution in [0.5, 0.6) is 0 Å². The number of amides is 1. The molecule has 21 heavy (non-hydrogen) atoms. The Balaban J connectivity index is 1.91. The summed E-state index contributed by atoms with van der Waals surface area (Å²) < 4.78 is 0. The van der Waals surface area contributed by atoms with Gasteiger partial charge in [0, 0.05) is 23.4 Å². The first kappa shape index (κ1) is 15.9. The number of hydrogen-bond donors (Lipinski definition) is 2. The minimum Gasteiger partial charge on any atom is -0.360 e. The number of carbonyl (C=O) groups excluding carboxylic acids is 1. The number of anilines is 1. The van der Waals surface area contributed by atoms with Gasteiger partial charge in [0.1, 0.15) is 0 Å². The van der Waals surface area contributed by atoms with E-state index in [0.29, 0.717) is 16.7 Å². The van der Waals surface area contributed by atoms with E-state index in [9.17, 15) is 4.79 Å². The van der Waals surface area contributed by atoms with Gasteiger partial charge in [-0.05, 0) is 17.9 Å². The van der Waals surface area contributed by atoms with E-state index in [0.717, 1.165) is 13.0 Å². The normalized spacial score (nSPS) is 11.4. The molecule has 0 aliphatic carbocycles. The van der Waals surface area contributed by atoms with Crippen molar-refractivity contribution < 1.29 is 4.79 Å². The largest absolute Gasteiger partial charge is 0.360 e. The first-order chi connectivity index (χ1) is 10.0. The summed E-state index contributed by atoms with van der Waals surface area (Å²) in [6.45, 7) is 7.72.